The Morgan fingerprint density at radius 2 is 1.61 bits per heavy atom. The van der Waals surface area contributed by atoms with Crippen LogP contribution in [0.1, 0.15) is 86.5 Å². The molecule has 138 valence electrons. The van der Waals surface area contributed by atoms with Gasteiger partial charge in [0.2, 0.25) is 0 Å². The lowest BCUT2D eigenvalue weighted by molar-refractivity contribution is 0.137. The van der Waals surface area contributed by atoms with E-state index in [2.05, 4.69) is 41.5 Å². The van der Waals surface area contributed by atoms with Gasteiger partial charge in [-0.15, -0.1) is 0 Å². The van der Waals surface area contributed by atoms with Crippen LogP contribution >= 0.6 is 0 Å². The molecule has 3 unspecified atom stereocenters. The van der Waals surface area contributed by atoms with Gasteiger partial charge in [0.05, 0.1) is 0 Å². The molecular formula is C20H42O2Si. The van der Waals surface area contributed by atoms with E-state index in [0.29, 0.717) is 17.4 Å². The van der Waals surface area contributed by atoms with E-state index in [0.717, 1.165) is 5.92 Å². The minimum absolute atomic E-state index is 0.122. The maximum absolute atomic E-state index is 6.39. The second kappa shape index (κ2) is 9.01. The van der Waals surface area contributed by atoms with E-state index in [4.69, 9.17) is 8.85 Å². The normalized spacial score (nSPS) is 24.9. The first-order valence-corrected chi connectivity index (χ1v) is 11.8. The molecule has 1 aliphatic carbocycles. The predicted molar refractivity (Wildman–Crippen MR) is 103 cm³/mol. The predicted octanol–water partition coefficient (Wildman–Crippen LogP) is 6.54. The van der Waals surface area contributed by atoms with Crippen molar-refractivity contribution in [1.82, 2.24) is 0 Å². The molecule has 1 aliphatic rings. The molecule has 0 aliphatic heterocycles. The molecule has 23 heavy (non-hydrogen) atoms. The van der Waals surface area contributed by atoms with Crippen LogP contribution in [0.4, 0.5) is 0 Å². The largest absolute Gasteiger partial charge is 0.397 e. The quantitative estimate of drug-likeness (QED) is 0.443. The van der Waals surface area contributed by atoms with Gasteiger partial charge < -0.3 is 8.85 Å². The number of hydrogen-bond acceptors (Lipinski definition) is 2. The highest BCUT2D eigenvalue weighted by Gasteiger charge is 2.60. The average molecular weight is 343 g/mol. The lowest BCUT2D eigenvalue weighted by Gasteiger charge is -2.53. The summed E-state index contributed by atoms with van der Waals surface area (Å²) in [7, 11) is 1.54. The fraction of sp³-hybridized carbons (Fsp3) is 1.00. The van der Waals surface area contributed by atoms with Crippen LogP contribution in [0, 0.1) is 17.8 Å². The smallest absolute Gasteiger partial charge is 0.347 e. The first kappa shape index (κ1) is 21.2. The molecule has 0 aromatic carbocycles. The molecule has 2 nitrogen and oxygen atoms in total. The lowest BCUT2D eigenvalue weighted by atomic mass is 9.84. The second-order valence-electron chi connectivity index (χ2n) is 8.62. The molecule has 0 bridgehead atoms. The van der Waals surface area contributed by atoms with Crippen LogP contribution in [0.15, 0.2) is 0 Å². The molecule has 0 heterocycles. The molecule has 3 heteroatoms. The third-order valence-electron chi connectivity index (χ3n) is 6.97. The van der Waals surface area contributed by atoms with Gasteiger partial charge in [-0.1, -0.05) is 80.1 Å². The number of unbranched alkanes of at least 4 members (excludes halogenated alkanes) is 1. The summed E-state index contributed by atoms with van der Waals surface area (Å²) in [4.78, 5) is 0. The van der Waals surface area contributed by atoms with Crippen LogP contribution in [-0.4, -0.2) is 22.8 Å². The summed E-state index contributed by atoms with van der Waals surface area (Å²) in [5.74, 6) is 2.05. The van der Waals surface area contributed by atoms with E-state index >= 15 is 0 Å². The Kier molecular flexibility index (Phi) is 8.29. The fourth-order valence-corrected chi connectivity index (χ4v) is 10.3. The third kappa shape index (κ3) is 4.22. The van der Waals surface area contributed by atoms with Gasteiger partial charge in [-0.25, -0.2) is 0 Å². The standard InChI is InChI=1S/C20H42O2Si/c1-9-10-13-18-14-11-12-15-19(18)23(21-7,22-8)20(5,6)17(4)16(2)3/h16-19H,9-15H2,1-8H3. The number of rotatable bonds is 9. The van der Waals surface area contributed by atoms with Gasteiger partial charge in [-0.3, -0.25) is 0 Å². The van der Waals surface area contributed by atoms with E-state index in [1.807, 2.05) is 14.2 Å². The van der Waals surface area contributed by atoms with Crippen molar-refractivity contribution in [1.29, 1.82) is 0 Å². The molecule has 0 spiro atoms. The Balaban J connectivity index is 3.18. The van der Waals surface area contributed by atoms with Gasteiger partial charge in [0.25, 0.3) is 0 Å². The summed E-state index contributed by atoms with van der Waals surface area (Å²) in [6.07, 6.45) is 9.41. The first-order valence-electron chi connectivity index (χ1n) is 9.88. The Labute approximate surface area is 147 Å². The zero-order valence-electron chi connectivity index (χ0n) is 17.1. The van der Waals surface area contributed by atoms with Crippen molar-refractivity contribution < 1.29 is 8.85 Å². The highest BCUT2D eigenvalue weighted by atomic mass is 28.4. The molecule has 0 amide bonds. The minimum Gasteiger partial charge on any atom is -0.397 e. The SMILES string of the molecule is CCCCC1CCCCC1[Si](OC)(OC)C(C)(C)C(C)C(C)C. The molecule has 0 aromatic heterocycles. The Morgan fingerprint density at radius 3 is 2.09 bits per heavy atom. The summed E-state index contributed by atoms with van der Waals surface area (Å²) in [6.45, 7) is 14.2. The molecule has 1 rings (SSSR count). The lowest BCUT2D eigenvalue weighted by Crippen LogP contribution is -2.58. The summed E-state index contributed by atoms with van der Waals surface area (Å²) >= 11 is 0. The van der Waals surface area contributed by atoms with E-state index in [1.165, 1.54) is 44.9 Å². The summed E-state index contributed by atoms with van der Waals surface area (Å²) < 4.78 is 12.8. The highest BCUT2D eigenvalue weighted by Crippen LogP contribution is 2.57. The Morgan fingerprint density at radius 1 is 1.04 bits per heavy atom. The topological polar surface area (TPSA) is 18.5 Å². The highest BCUT2D eigenvalue weighted by molar-refractivity contribution is 6.72. The molecule has 0 radical (unpaired) electrons. The van der Waals surface area contributed by atoms with E-state index < -0.39 is 8.56 Å². The molecule has 1 fully saturated rings. The zero-order valence-corrected chi connectivity index (χ0v) is 18.1. The van der Waals surface area contributed by atoms with Gasteiger partial charge in [-0.2, -0.15) is 0 Å². The maximum Gasteiger partial charge on any atom is 0.347 e. The van der Waals surface area contributed by atoms with Gasteiger partial charge in [0.15, 0.2) is 0 Å². The molecule has 0 N–H and O–H groups in total. The van der Waals surface area contributed by atoms with Crippen molar-refractivity contribution >= 4 is 8.56 Å². The van der Waals surface area contributed by atoms with Crippen LogP contribution in [-0.2, 0) is 8.85 Å². The van der Waals surface area contributed by atoms with Crippen molar-refractivity contribution in [3.8, 4) is 0 Å². The fourth-order valence-electron chi connectivity index (χ4n) is 5.06. The molecule has 1 saturated carbocycles. The minimum atomic E-state index is -2.31. The van der Waals surface area contributed by atoms with Crippen molar-refractivity contribution in [2.24, 2.45) is 17.8 Å². The summed E-state index contributed by atoms with van der Waals surface area (Å²) in [5, 5.41) is 0.122. The van der Waals surface area contributed by atoms with Crippen LogP contribution < -0.4 is 0 Å². The van der Waals surface area contributed by atoms with Crippen LogP contribution in [0.5, 0.6) is 0 Å². The zero-order chi connectivity index (χ0) is 17.7. The summed E-state index contributed by atoms with van der Waals surface area (Å²) in [5.41, 5.74) is 0.647. The summed E-state index contributed by atoms with van der Waals surface area (Å²) in [6, 6.07) is 0. The molecular weight excluding hydrogens is 300 g/mol. The molecule has 0 aromatic rings. The van der Waals surface area contributed by atoms with Crippen molar-refractivity contribution in [3.63, 3.8) is 0 Å². The van der Waals surface area contributed by atoms with Crippen molar-refractivity contribution in [3.05, 3.63) is 0 Å². The Bertz CT molecular complexity index is 337. The maximum atomic E-state index is 6.39. The van der Waals surface area contributed by atoms with Gasteiger partial charge >= 0.3 is 8.56 Å². The first-order chi connectivity index (χ1) is 10.8. The van der Waals surface area contributed by atoms with Gasteiger partial charge in [0, 0.05) is 24.8 Å². The van der Waals surface area contributed by atoms with E-state index in [-0.39, 0.29) is 5.04 Å². The monoisotopic (exact) mass is 342 g/mol. The second-order valence-corrected chi connectivity index (χ2v) is 12.8. The third-order valence-corrected chi connectivity index (χ3v) is 12.2. The molecule has 3 atom stereocenters. The van der Waals surface area contributed by atoms with Crippen LogP contribution in [0.2, 0.25) is 10.6 Å². The van der Waals surface area contributed by atoms with Crippen LogP contribution in [0.25, 0.3) is 0 Å². The van der Waals surface area contributed by atoms with Crippen molar-refractivity contribution in [2.75, 3.05) is 14.2 Å². The van der Waals surface area contributed by atoms with Gasteiger partial charge in [0.1, 0.15) is 0 Å². The van der Waals surface area contributed by atoms with Crippen LogP contribution in [0.3, 0.4) is 0 Å². The van der Waals surface area contributed by atoms with E-state index in [9.17, 15) is 0 Å². The van der Waals surface area contributed by atoms with Crippen molar-refractivity contribution in [2.45, 2.75) is 97.1 Å². The van der Waals surface area contributed by atoms with E-state index in [1.54, 1.807) is 0 Å². The Hall–Kier alpha value is 0.137. The van der Waals surface area contributed by atoms with Gasteiger partial charge in [-0.05, 0) is 24.2 Å². The molecule has 0 saturated heterocycles. The average Bonchev–Trinajstić information content (AvgIpc) is 2.54. The number of hydrogen-bond donors (Lipinski definition) is 0.